The zero-order valence-electron chi connectivity index (χ0n) is 16.6. The van der Waals surface area contributed by atoms with Crippen molar-refractivity contribution in [2.75, 3.05) is 24.6 Å². The van der Waals surface area contributed by atoms with Gasteiger partial charge in [-0.15, -0.1) is 0 Å². The molecule has 1 aromatic carbocycles. The highest BCUT2D eigenvalue weighted by atomic mass is 19.1. The van der Waals surface area contributed by atoms with Gasteiger partial charge in [-0.2, -0.15) is 0 Å². The number of ether oxygens (including phenoxy) is 1. The summed E-state index contributed by atoms with van der Waals surface area (Å²) in [6.45, 7) is 10.9. The summed E-state index contributed by atoms with van der Waals surface area (Å²) in [4.78, 5) is 6.14. The lowest BCUT2D eigenvalue weighted by Gasteiger charge is -2.38. The monoisotopic (exact) mass is 374 g/mol. The molecule has 1 saturated heterocycles. The number of nitrogens with zero attached hydrogens (tertiary/aromatic N) is 2. The molecule has 2 heterocycles. The van der Waals surface area contributed by atoms with Gasteiger partial charge in [-0.1, -0.05) is 45.9 Å². The van der Waals surface area contributed by atoms with Crippen LogP contribution < -0.4 is 4.90 Å². The number of hydrogen-bond acceptors (Lipinski definition) is 3. The third-order valence-corrected chi connectivity index (χ3v) is 4.83. The average Bonchev–Trinajstić information content (AvgIpc) is 2.56. The van der Waals surface area contributed by atoms with Crippen LogP contribution in [0, 0.1) is 23.0 Å². The summed E-state index contributed by atoms with van der Waals surface area (Å²) in [5, 5.41) is 0. The van der Waals surface area contributed by atoms with Gasteiger partial charge in [0.15, 0.2) is 11.6 Å². The number of rotatable bonds is 6. The normalized spacial score (nSPS) is 15.1. The first-order chi connectivity index (χ1) is 12.7. The Morgan fingerprint density at radius 1 is 1.22 bits per heavy atom. The molecule has 1 aliphatic heterocycles. The Hall–Kier alpha value is -2.01. The van der Waals surface area contributed by atoms with Crippen molar-refractivity contribution >= 4 is 5.82 Å². The van der Waals surface area contributed by atoms with Crippen molar-refractivity contribution in [2.45, 2.75) is 40.7 Å². The van der Waals surface area contributed by atoms with Crippen molar-refractivity contribution < 1.29 is 13.5 Å². The van der Waals surface area contributed by atoms with E-state index < -0.39 is 5.82 Å². The maximum absolute atomic E-state index is 14.9. The molecule has 27 heavy (non-hydrogen) atoms. The predicted molar refractivity (Wildman–Crippen MR) is 105 cm³/mol. The smallest absolute Gasteiger partial charge is 0.166 e. The third kappa shape index (κ3) is 4.83. The summed E-state index contributed by atoms with van der Waals surface area (Å²) in [6.07, 6.45) is 2.45. The van der Waals surface area contributed by atoms with Gasteiger partial charge in [0.05, 0.1) is 6.61 Å². The van der Waals surface area contributed by atoms with E-state index in [0.29, 0.717) is 35.0 Å². The number of halogens is 2. The van der Waals surface area contributed by atoms with Gasteiger partial charge in [0, 0.05) is 42.6 Å². The molecule has 0 aliphatic carbocycles. The van der Waals surface area contributed by atoms with Crippen LogP contribution >= 0.6 is 0 Å². The van der Waals surface area contributed by atoms with Crippen molar-refractivity contribution in [3.63, 3.8) is 0 Å². The Balaban J connectivity index is 1.72. The Morgan fingerprint density at radius 2 is 1.96 bits per heavy atom. The molecule has 3 nitrogen and oxygen atoms in total. The molecule has 0 radical (unpaired) electrons. The minimum atomic E-state index is -0.411. The first kappa shape index (κ1) is 19.7. The zero-order chi connectivity index (χ0) is 19.6. The molecule has 3 rings (SSSR count). The van der Waals surface area contributed by atoms with E-state index in [9.17, 15) is 8.78 Å². The van der Waals surface area contributed by atoms with Crippen LogP contribution in [0.15, 0.2) is 30.5 Å². The van der Waals surface area contributed by atoms with Crippen LogP contribution in [-0.4, -0.2) is 24.7 Å². The van der Waals surface area contributed by atoms with E-state index in [-0.39, 0.29) is 17.8 Å². The largest absolute Gasteiger partial charge is 0.377 e. The molecule has 5 heteroatoms. The van der Waals surface area contributed by atoms with Crippen LogP contribution in [-0.2, 0) is 11.3 Å². The molecule has 0 bridgehead atoms. The number of anilines is 1. The highest BCUT2D eigenvalue weighted by molar-refractivity contribution is 5.66. The Bertz CT molecular complexity index is 795. The first-order valence-corrected chi connectivity index (χ1v) is 9.50. The molecule has 1 aromatic heterocycles. The Kier molecular flexibility index (Phi) is 5.80. The third-order valence-electron chi connectivity index (χ3n) is 4.83. The standard InChI is InChI=1S/C22H28F2N2O/c1-15-12-26(13-15)21-19(23)10-17(11-25-21)18-7-5-6-16(20(18)24)14-27-9-8-22(2,3)4/h5-7,10-11,15H,8-9,12-14H2,1-4H3. The Labute approximate surface area is 160 Å². The molecule has 1 aliphatic rings. The summed E-state index contributed by atoms with van der Waals surface area (Å²) < 4.78 is 35.0. The van der Waals surface area contributed by atoms with Crippen LogP contribution in [0.25, 0.3) is 11.1 Å². The fourth-order valence-electron chi connectivity index (χ4n) is 3.16. The molecule has 0 N–H and O–H groups in total. The van der Waals surface area contributed by atoms with Crippen LogP contribution in [0.3, 0.4) is 0 Å². The van der Waals surface area contributed by atoms with Crippen molar-refractivity contribution in [3.8, 4) is 11.1 Å². The van der Waals surface area contributed by atoms with Crippen LogP contribution in [0.4, 0.5) is 14.6 Å². The lowest BCUT2D eigenvalue weighted by molar-refractivity contribution is 0.0944. The zero-order valence-corrected chi connectivity index (χ0v) is 16.6. The van der Waals surface area contributed by atoms with Crippen LogP contribution in [0.5, 0.6) is 0 Å². The van der Waals surface area contributed by atoms with Gasteiger partial charge in [-0.05, 0) is 23.8 Å². The van der Waals surface area contributed by atoms with E-state index in [2.05, 4.69) is 32.7 Å². The fraction of sp³-hybridized carbons (Fsp3) is 0.500. The van der Waals surface area contributed by atoms with Gasteiger partial charge in [0.1, 0.15) is 5.82 Å². The molecule has 0 unspecified atom stereocenters. The maximum Gasteiger partial charge on any atom is 0.166 e. The van der Waals surface area contributed by atoms with E-state index in [4.69, 9.17) is 4.74 Å². The summed E-state index contributed by atoms with van der Waals surface area (Å²) in [5.74, 6) is 0.114. The SMILES string of the molecule is CC1CN(c2ncc(-c3cccc(COCCC(C)(C)C)c3F)cc2F)C1. The molecule has 146 valence electrons. The molecular formula is C22H28F2N2O. The molecule has 1 fully saturated rings. The maximum atomic E-state index is 14.9. The predicted octanol–water partition coefficient (Wildman–Crippen LogP) is 5.44. The van der Waals surface area contributed by atoms with Gasteiger partial charge >= 0.3 is 0 Å². The molecular weight excluding hydrogens is 346 g/mol. The molecule has 0 saturated carbocycles. The van der Waals surface area contributed by atoms with Gasteiger partial charge in [0.25, 0.3) is 0 Å². The number of pyridine rings is 1. The molecule has 0 amide bonds. The fourth-order valence-corrected chi connectivity index (χ4v) is 3.16. The van der Waals surface area contributed by atoms with E-state index in [1.165, 1.54) is 6.07 Å². The van der Waals surface area contributed by atoms with E-state index in [1.54, 1.807) is 24.4 Å². The van der Waals surface area contributed by atoms with Crippen molar-refractivity contribution in [1.82, 2.24) is 4.98 Å². The average molecular weight is 374 g/mol. The van der Waals surface area contributed by atoms with Gasteiger partial charge in [0.2, 0.25) is 0 Å². The summed E-state index contributed by atoms with van der Waals surface area (Å²) in [7, 11) is 0. The summed E-state index contributed by atoms with van der Waals surface area (Å²) in [6, 6.07) is 6.49. The Morgan fingerprint density at radius 3 is 2.59 bits per heavy atom. The minimum absolute atomic E-state index is 0.180. The highest BCUT2D eigenvalue weighted by Crippen LogP contribution is 2.30. The van der Waals surface area contributed by atoms with Crippen LogP contribution in [0.2, 0.25) is 0 Å². The van der Waals surface area contributed by atoms with Gasteiger partial charge in [-0.3, -0.25) is 0 Å². The molecule has 0 atom stereocenters. The summed E-state index contributed by atoms with van der Waals surface area (Å²) >= 11 is 0. The molecule has 0 spiro atoms. The van der Waals surface area contributed by atoms with E-state index in [1.807, 2.05) is 4.90 Å². The second-order valence-corrected chi connectivity index (χ2v) is 8.68. The number of benzene rings is 1. The van der Waals surface area contributed by atoms with Crippen molar-refractivity contribution in [2.24, 2.45) is 11.3 Å². The van der Waals surface area contributed by atoms with Gasteiger partial charge in [-0.25, -0.2) is 13.8 Å². The second-order valence-electron chi connectivity index (χ2n) is 8.68. The minimum Gasteiger partial charge on any atom is -0.377 e. The molecule has 2 aromatic rings. The van der Waals surface area contributed by atoms with Crippen molar-refractivity contribution in [1.29, 1.82) is 0 Å². The van der Waals surface area contributed by atoms with Crippen molar-refractivity contribution in [3.05, 3.63) is 47.7 Å². The summed E-state index contributed by atoms with van der Waals surface area (Å²) in [5.41, 5.74) is 1.45. The topological polar surface area (TPSA) is 25.4 Å². The lowest BCUT2D eigenvalue weighted by Crippen LogP contribution is -2.46. The lowest BCUT2D eigenvalue weighted by atomic mass is 9.93. The highest BCUT2D eigenvalue weighted by Gasteiger charge is 2.26. The second kappa shape index (κ2) is 7.93. The number of hydrogen-bond donors (Lipinski definition) is 0. The first-order valence-electron chi connectivity index (χ1n) is 9.50. The van der Waals surface area contributed by atoms with Crippen LogP contribution in [0.1, 0.15) is 39.7 Å². The van der Waals surface area contributed by atoms with Gasteiger partial charge < -0.3 is 9.64 Å². The van der Waals surface area contributed by atoms with E-state index in [0.717, 1.165) is 19.5 Å². The van der Waals surface area contributed by atoms with E-state index >= 15 is 0 Å². The number of aromatic nitrogens is 1. The quantitative estimate of drug-likeness (QED) is 0.630.